The molecule has 5 heteroatoms. The zero-order chi connectivity index (χ0) is 14.9. The van der Waals surface area contributed by atoms with Gasteiger partial charge < -0.3 is 10.4 Å². The van der Waals surface area contributed by atoms with Crippen LogP contribution in [0.15, 0.2) is 18.2 Å². The highest BCUT2D eigenvalue weighted by molar-refractivity contribution is 5.88. The van der Waals surface area contributed by atoms with Gasteiger partial charge in [0.15, 0.2) is 0 Å². The Morgan fingerprint density at radius 2 is 1.90 bits per heavy atom. The van der Waals surface area contributed by atoms with Gasteiger partial charge in [0.25, 0.3) is 0 Å². The third-order valence-electron chi connectivity index (χ3n) is 3.12. The van der Waals surface area contributed by atoms with Gasteiger partial charge in [0.2, 0.25) is 5.91 Å². The number of amides is 1. The predicted octanol–water partition coefficient (Wildman–Crippen LogP) is 1.62. The third-order valence-corrected chi connectivity index (χ3v) is 3.12. The summed E-state index contributed by atoms with van der Waals surface area (Å²) in [7, 11) is 0. The standard InChI is InChI=1S/C15H20N2O3/c1-15(2,3)16-13(18)9-17-7-11-5-4-10(14(19)20)6-12(11)8-17/h4-6H,7-9H2,1-3H3,(H,16,18)(H,19,20). The number of carbonyl (C=O) groups excluding carboxylic acids is 1. The number of fused-ring (bicyclic) bond motifs is 1. The smallest absolute Gasteiger partial charge is 0.335 e. The molecule has 1 aromatic rings. The Labute approximate surface area is 118 Å². The number of carboxylic acid groups (broad SMARTS) is 1. The molecule has 1 aliphatic rings. The lowest BCUT2D eigenvalue weighted by atomic mass is 10.1. The second-order valence-corrected chi connectivity index (χ2v) is 6.23. The zero-order valence-corrected chi connectivity index (χ0v) is 12.1. The van der Waals surface area contributed by atoms with Crippen molar-refractivity contribution in [2.45, 2.75) is 39.4 Å². The number of hydrogen-bond donors (Lipinski definition) is 2. The molecule has 0 aromatic heterocycles. The zero-order valence-electron chi connectivity index (χ0n) is 12.1. The van der Waals surface area contributed by atoms with Crippen molar-refractivity contribution >= 4 is 11.9 Å². The van der Waals surface area contributed by atoms with Gasteiger partial charge in [-0.25, -0.2) is 4.79 Å². The molecule has 1 aliphatic heterocycles. The number of carboxylic acids is 1. The minimum absolute atomic E-state index is 0.0104. The molecular weight excluding hydrogens is 256 g/mol. The van der Waals surface area contributed by atoms with Crippen molar-refractivity contribution < 1.29 is 14.7 Å². The number of hydrogen-bond acceptors (Lipinski definition) is 3. The van der Waals surface area contributed by atoms with E-state index in [0.29, 0.717) is 25.2 Å². The summed E-state index contributed by atoms with van der Waals surface area (Å²) in [6.45, 7) is 7.48. The predicted molar refractivity (Wildman–Crippen MR) is 75.4 cm³/mol. The van der Waals surface area contributed by atoms with Crippen molar-refractivity contribution in [3.8, 4) is 0 Å². The van der Waals surface area contributed by atoms with Gasteiger partial charge in [-0.1, -0.05) is 6.07 Å². The van der Waals surface area contributed by atoms with Gasteiger partial charge in [-0.05, 0) is 44.0 Å². The van der Waals surface area contributed by atoms with Crippen LogP contribution < -0.4 is 5.32 Å². The lowest BCUT2D eigenvalue weighted by Crippen LogP contribution is -2.45. The number of carbonyl (C=O) groups is 2. The molecule has 108 valence electrons. The fourth-order valence-electron chi connectivity index (χ4n) is 2.37. The maximum Gasteiger partial charge on any atom is 0.335 e. The van der Waals surface area contributed by atoms with Crippen LogP contribution in [0.5, 0.6) is 0 Å². The first-order valence-corrected chi connectivity index (χ1v) is 6.63. The van der Waals surface area contributed by atoms with E-state index in [-0.39, 0.29) is 11.4 Å². The van der Waals surface area contributed by atoms with Crippen LogP contribution in [0.2, 0.25) is 0 Å². The molecule has 2 rings (SSSR count). The Morgan fingerprint density at radius 3 is 2.50 bits per heavy atom. The van der Waals surface area contributed by atoms with Crippen LogP contribution in [0.3, 0.4) is 0 Å². The van der Waals surface area contributed by atoms with Gasteiger partial charge in [0, 0.05) is 18.6 Å². The molecule has 1 aromatic carbocycles. The molecule has 0 fully saturated rings. The fraction of sp³-hybridized carbons (Fsp3) is 0.467. The van der Waals surface area contributed by atoms with Crippen LogP contribution in [0, 0.1) is 0 Å². The van der Waals surface area contributed by atoms with Gasteiger partial charge in [0.1, 0.15) is 0 Å². The van der Waals surface area contributed by atoms with E-state index in [0.717, 1.165) is 11.1 Å². The Hall–Kier alpha value is -1.88. The number of nitrogens with zero attached hydrogens (tertiary/aromatic N) is 1. The molecule has 20 heavy (non-hydrogen) atoms. The molecular formula is C15H20N2O3. The summed E-state index contributed by atoms with van der Waals surface area (Å²) in [5.41, 5.74) is 2.15. The van der Waals surface area contributed by atoms with E-state index < -0.39 is 5.97 Å². The Bertz CT molecular complexity index is 547. The molecule has 0 saturated heterocycles. The van der Waals surface area contributed by atoms with Crippen molar-refractivity contribution in [1.82, 2.24) is 10.2 Å². The molecule has 0 aliphatic carbocycles. The summed E-state index contributed by atoms with van der Waals surface area (Å²) in [4.78, 5) is 24.8. The summed E-state index contributed by atoms with van der Waals surface area (Å²) >= 11 is 0. The molecule has 2 N–H and O–H groups in total. The van der Waals surface area contributed by atoms with E-state index >= 15 is 0 Å². The summed E-state index contributed by atoms with van der Waals surface area (Å²) in [5, 5.41) is 11.9. The maximum absolute atomic E-state index is 11.9. The average molecular weight is 276 g/mol. The van der Waals surface area contributed by atoms with Crippen molar-refractivity contribution in [2.24, 2.45) is 0 Å². The van der Waals surface area contributed by atoms with Crippen molar-refractivity contribution in [1.29, 1.82) is 0 Å². The summed E-state index contributed by atoms with van der Waals surface area (Å²) < 4.78 is 0. The molecule has 1 heterocycles. The van der Waals surface area contributed by atoms with E-state index in [1.807, 2.05) is 31.7 Å². The Morgan fingerprint density at radius 1 is 1.25 bits per heavy atom. The minimum atomic E-state index is -0.920. The fourth-order valence-corrected chi connectivity index (χ4v) is 2.37. The molecule has 1 amide bonds. The number of rotatable bonds is 3. The van der Waals surface area contributed by atoms with Crippen LogP contribution in [-0.4, -0.2) is 34.0 Å². The van der Waals surface area contributed by atoms with E-state index in [2.05, 4.69) is 5.32 Å². The number of aromatic carboxylic acids is 1. The Kier molecular flexibility index (Phi) is 3.81. The molecule has 5 nitrogen and oxygen atoms in total. The van der Waals surface area contributed by atoms with Crippen molar-refractivity contribution in [3.63, 3.8) is 0 Å². The first kappa shape index (κ1) is 14.5. The SMILES string of the molecule is CC(C)(C)NC(=O)CN1Cc2ccc(C(=O)O)cc2C1. The average Bonchev–Trinajstić information content (AvgIpc) is 2.66. The molecule has 0 radical (unpaired) electrons. The highest BCUT2D eigenvalue weighted by atomic mass is 16.4. The quantitative estimate of drug-likeness (QED) is 0.880. The monoisotopic (exact) mass is 276 g/mol. The third kappa shape index (κ3) is 3.57. The van der Waals surface area contributed by atoms with Crippen molar-refractivity contribution in [2.75, 3.05) is 6.54 Å². The van der Waals surface area contributed by atoms with Gasteiger partial charge in [0.05, 0.1) is 12.1 Å². The number of benzene rings is 1. The molecule has 0 bridgehead atoms. The van der Waals surface area contributed by atoms with Crippen LogP contribution >= 0.6 is 0 Å². The Balaban J connectivity index is 1.99. The van der Waals surface area contributed by atoms with Gasteiger partial charge in [-0.3, -0.25) is 9.69 Å². The molecule has 0 spiro atoms. The highest BCUT2D eigenvalue weighted by Crippen LogP contribution is 2.23. The van der Waals surface area contributed by atoms with E-state index in [1.165, 1.54) is 0 Å². The van der Waals surface area contributed by atoms with Crippen molar-refractivity contribution in [3.05, 3.63) is 34.9 Å². The van der Waals surface area contributed by atoms with Gasteiger partial charge >= 0.3 is 5.97 Å². The molecule has 0 saturated carbocycles. The summed E-state index contributed by atoms with van der Waals surface area (Å²) in [6.07, 6.45) is 0. The maximum atomic E-state index is 11.9. The van der Waals surface area contributed by atoms with E-state index in [4.69, 9.17) is 5.11 Å². The summed E-state index contributed by atoms with van der Waals surface area (Å²) in [5.74, 6) is -0.930. The second kappa shape index (κ2) is 5.25. The lowest BCUT2D eigenvalue weighted by Gasteiger charge is -2.22. The second-order valence-electron chi connectivity index (χ2n) is 6.23. The first-order valence-electron chi connectivity index (χ1n) is 6.63. The molecule has 0 unspecified atom stereocenters. The molecule has 0 atom stereocenters. The first-order chi connectivity index (χ1) is 9.24. The van der Waals surface area contributed by atoms with E-state index in [1.54, 1.807) is 12.1 Å². The minimum Gasteiger partial charge on any atom is -0.478 e. The highest BCUT2D eigenvalue weighted by Gasteiger charge is 2.23. The summed E-state index contributed by atoms with van der Waals surface area (Å²) in [6, 6.07) is 5.14. The van der Waals surface area contributed by atoms with Gasteiger partial charge in [-0.2, -0.15) is 0 Å². The van der Waals surface area contributed by atoms with Crippen LogP contribution in [-0.2, 0) is 17.9 Å². The van der Waals surface area contributed by atoms with Crippen LogP contribution in [0.4, 0.5) is 0 Å². The van der Waals surface area contributed by atoms with E-state index in [9.17, 15) is 9.59 Å². The lowest BCUT2D eigenvalue weighted by molar-refractivity contribution is -0.123. The number of nitrogens with one attached hydrogen (secondary N) is 1. The van der Waals surface area contributed by atoms with Crippen LogP contribution in [0.1, 0.15) is 42.3 Å². The normalized spacial score (nSPS) is 14.9. The topological polar surface area (TPSA) is 69.6 Å². The van der Waals surface area contributed by atoms with Crippen LogP contribution in [0.25, 0.3) is 0 Å². The van der Waals surface area contributed by atoms with Gasteiger partial charge in [-0.15, -0.1) is 0 Å². The largest absolute Gasteiger partial charge is 0.478 e.